The number of rotatable bonds is 3. The van der Waals surface area contributed by atoms with Gasteiger partial charge in [-0.1, -0.05) is 146 Å². The van der Waals surface area contributed by atoms with Crippen LogP contribution in [0.4, 0.5) is 0 Å². The molecule has 1 aliphatic heterocycles. The third-order valence-corrected chi connectivity index (χ3v) is 11.5. The molecule has 0 spiro atoms. The summed E-state index contributed by atoms with van der Waals surface area (Å²) in [5.41, 5.74) is 6.20. The zero-order chi connectivity index (χ0) is 36.5. The first-order chi connectivity index (χ1) is 27.2. The van der Waals surface area contributed by atoms with Crippen molar-refractivity contribution in [2.45, 2.75) is 19.8 Å². The zero-order valence-corrected chi connectivity index (χ0v) is 30.4. The van der Waals surface area contributed by atoms with Gasteiger partial charge in [0.2, 0.25) is 0 Å². The molecule has 1 aromatic heterocycles. The minimum absolute atomic E-state index is 0.624. The van der Waals surface area contributed by atoms with E-state index >= 15 is 0 Å². The molecule has 55 heavy (non-hydrogen) atoms. The Kier molecular flexibility index (Phi) is 7.21. The second-order valence-electron chi connectivity index (χ2n) is 14.8. The van der Waals surface area contributed by atoms with Crippen molar-refractivity contribution in [2.75, 3.05) is 0 Å². The van der Waals surface area contributed by atoms with Crippen molar-refractivity contribution in [1.82, 2.24) is 4.98 Å². The van der Waals surface area contributed by atoms with E-state index in [0.29, 0.717) is 5.84 Å². The van der Waals surface area contributed by atoms with Gasteiger partial charge in [-0.05, 0) is 114 Å². The van der Waals surface area contributed by atoms with E-state index in [1.54, 1.807) is 0 Å². The average molecular weight is 702 g/mol. The predicted molar refractivity (Wildman–Crippen MR) is 235 cm³/mol. The van der Waals surface area contributed by atoms with Crippen LogP contribution in [-0.4, -0.2) is 16.5 Å². The van der Waals surface area contributed by atoms with Crippen LogP contribution < -0.4 is 0 Å². The van der Waals surface area contributed by atoms with E-state index in [4.69, 9.17) is 15.0 Å². The minimum atomic E-state index is 0.624. The Hall–Kier alpha value is -6.97. The van der Waals surface area contributed by atoms with Crippen molar-refractivity contribution < 1.29 is 0 Å². The number of allylic oxidation sites excluding steroid dienone is 1. The van der Waals surface area contributed by atoms with Crippen LogP contribution in [-0.2, 0) is 0 Å². The van der Waals surface area contributed by atoms with Crippen LogP contribution in [0.5, 0.6) is 0 Å². The van der Waals surface area contributed by atoms with E-state index < -0.39 is 0 Å². The molecule has 1 aliphatic rings. The van der Waals surface area contributed by atoms with E-state index in [1.807, 2.05) is 6.20 Å². The molecule has 0 N–H and O–H groups in total. The lowest BCUT2D eigenvalue weighted by Crippen LogP contribution is -2.12. The average Bonchev–Trinajstić information content (AvgIpc) is 3.24. The molecule has 0 fully saturated rings. The van der Waals surface area contributed by atoms with Gasteiger partial charge in [0.1, 0.15) is 5.69 Å². The van der Waals surface area contributed by atoms with Crippen molar-refractivity contribution in [3.63, 3.8) is 0 Å². The van der Waals surface area contributed by atoms with E-state index in [2.05, 4.69) is 171 Å². The number of amidine groups is 1. The van der Waals surface area contributed by atoms with Crippen LogP contribution in [0.2, 0.25) is 0 Å². The van der Waals surface area contributed by atoms with Crippen molar-refractivity contribution in [2.24, 2.45) is 9.98 Å². The summed E-state index contributed by atoms with van der Waals surface area (Å²) in [4.78, 5) is 16.2. The normalized spacial score (nSPS) is 15.2. The van der Waals surface area contributed by atoms with Crippen LogP contribution in [0, 0.1) is 0 Å². The summed E-state index contributed by atoms with van der Waals surface area (Å²) < 4.78 is 0. The van der Waals surface area contributed by atoms with Gasteiger partial charge in [-0.3, -0.25) is 4.98 Å². The summed E-state index contributed by atoms with van der Waals surface area (Å²) in [5.74, 6) is 0.624. The van der Waals surface area contributed by atoms with Gasteiger partial charge in [0, 0.05) is 22.7 Å². The second kappa shape index (κ2) is 12.6. The van der Waals surface area contributed by atoms with Crippen LogP contribution in [0.3, 0.4) is 0 Å². The molecule has 10 aromatic rings. The number of fused-ring (bicyclic) bond motifs is 11. The van der Waals surface area contributed by atoms with Gasteiger partial charge in [-0.15, -0.1) is 0 Å². The maximum atomic E-state index is 5.57. The van der Waals surface area contributed by atoms with Crippen molar-refractivity contribution in [3.8, 4) is 0 Å². The third-order valence-electron chi connectivity index (χ3n) is 11.5. The number of aromatic nitrogens is 1. The molecule has 3 nitrogen and oxygen atoms in total. The summed E-state index contributed by atoms with van der Waals surface area (Å²) in [6.07, 6.45) is 3.60. The van der Waals surface area contributed by atoms with Gasteiger partial charge in [-0.25, -0.2) is 9.98 Å². The Balaban J connectivity index is 1.18. The number of benzene rings is 9. The van der Waals surface area contributed by atoms with Crippen LogP contribution in [0.25, 0.3) is 81.1 Å². The second-order valence-corrected chi connectivity index (χ2v) is 14.8. The van der Waals surface area contributed by atoms with E-state index in [0.717, 1.165) is 51.8 Å². The topological polar surface area (TPSA) is 37.6 Å². The molecule has 0 amide bonds. The highest BCUT2D eigenvalue weighted by molar-refractivity contribution is 6.24. The first kappa shape index (κ1) is 31.5. The molecule has 0 unspecified atom stereocenters. The Morgan fingerprint density at radius 2 is 1.00 bits per heavy atom. The van der Waals surface area contributed by atoms with Gasteiger partial charge in [0.05, 0.1) is 11.4 Å². The summed E-state index contributed by atoms with van der Waals surface area (Å²) in [5, 5.41) is 16.9. The van der Waals surface area contributed by atoms with Crippen molar-refractivity contribution in [1.29, 1.82) is 0 Å². The fourth-order valence-corrected chi connectivity index (χ4v) is 8.74. The zero-order valence-electron chi connectivity index (χ0n) is 30.4. The quantitative estimate of drug-likeness (QED) is 0.169. The molecule has 3 heteroatoms. The molecule has 0 atom stereocenters. The molecule has 0 bridgehead atoms. The predicted octanol–water partition coefficient (Wildman–Crippen LogP) is 13.6. The number of nitrogens with zero attached hydrogens (tertiary/aromatic N) is 3. The molecule has 0 radical (unpaired) electrons. The fraction of sp³-hybridized carbons (Fsp3) is 0.0577. The molecular formula is C52H35N3. The highest BCUT2D eigenvalue weighted by atomic mass is 15.0. The highest BCUT2D eigenvalue weighted by Gasteiger charge is 2.20. The van der Waals surface area contributed by atoms with Gasteiger partial charge in [0.15, 0.2) is 5.84 Å². The lowest BCUT2D eigenvalue weighted by Gasteiger charge is -2.18. The van der Waals surface area contributed by atoms with Crippen LogP contribution in [0.1, 0.15) is 36.6 Å². The minimum Gasteiger partial charge on any atom is -0.252 e. The fourth-order valence-electron chi connectivity index (χ4n) is 8.74. The number of hydrogen-bond donors (Lipinski definition) is 0. The highest BCUT2D eigenvalue weighted by Crippen LogP contribution is 2.36. The summed E-state index contributed by atoms with van der Waals surface area (Å²) in [7, 11) is 0. The molecule has 11 rings (SSSR count). The Morgan fingerprint density at radius 1 is 0.418 bits per heavy atom. The monoisotopic (exact) mass is 701 g/mol. The van der Waals surface area contributed by atoms with Crippen molar-refractivity contribution >= 4 is 92.7 Å². The molecule has 0 saturated carbocycles. The number of aliphatic imine (C=N–C) groups is 2. The largest absolute Gasteiger partial charge is 0.252 e. The summed E-state index contributed by atoms with van der Waals surface area (Å²) in [6.45, 7) is 2.23. The molecular weight excluding hydrogens is 667 g/mol. The van der Waals surface area contributed by atoms with Crippen molar-refractivity contribution in [3.05, 3.63) is 192 Å². The Morgan fingerprint density at radius 3 is 1.78 bits per heavy atom. The lowest BCUT2D eigenvalue weighted by atomic mass is 9.91. The van der Waals surface area contributed by atoms with Gasteiger partial charge in [-0.2, -0.15) is 0 Å². The van der Waals surface area contributed by atoms with Gasteiger partial charge >= 0.3 is 0 Å². The first-order valence-electron chi connectivity index (χ1n) is 19.1. The van der Waals surface area contributed by atoms with E-state index in [9.17, 15) is 0 Å². The van der Waals surface area contributed by atoms with E-state index in [1.165, 1.54) is 70.2 Å². The molecule has 2 heterocycles. The summed E-state index contributed by atoms with van der Waals surface area (Å²) >= 11 is 0. The molecule has 9 aromatic carbocycles. The lowest BCUT2D eigenvalue weighted by molar-refractivity contribution is 1.00. The third kappa shape index (κ3) is 5.23. The maximum absolute atomic E-state index is 5.57. The van der Waals surface area contributed by atoms with Gasteiger partial charge in [0.25, 0.3) is 0 Å². The molecule has 258 valence electrons. The number of pyridine rings is 1. The smallest absolute Gasteiger partial charge is 0.178 e. The Labute approximate surface area is 318 Å². The molecule has 0 aliphatic carbocycles. The van der Waals surface area contributed by atoms with E-state index in [-0.39, 0.29) is 0 Å². The van der Waals surface area contributed by atoms with Gasteiger partial charge < -0.3 is 0 Å². The number of hydrogen-bond acceptors (Lipinski definition) is 3. The standard InChI is InChI=1S/C52H35N3/c1-32-18-27-48(47-28-37-12-4-6-14-41(37)43-16-8-9-17-44(43)47)54-52(55-51(32)38-25-22-35-20-19-33-10-2-5-13-40(33)45(35)29-38)49-30-46-39(31-53-49)26-24-36-23-21-34-11-3-7-15-42(34)50(36)46/h2-17,19-26,28-31H,18,27H2,1H3/b51-32+,54-48?,55-52?. The summed E-state index contributed by atoms with van der Waals surface area (Å²) in [6, 6.07) is 59.2. The maximum Gasteiger partial charge on any atom is 0.178 e. The molecule has 0 saturated heterocycles. The SMILES string of the molecule is C/C1=C(/c2ccc3ccc4ccccc4c3c2)N=C(c2cc3c(ccc4ccc5ccccc5c43)cn2)N=C(c2cc3ccccc3c3ccccc23)CC1. The Bertz CT molecular complexity index is 3320. The van der Waals surface area contributed by atoms with Crippen LogP contribution in [0.15, 0.2) is 186 Å². The van der Waals surface area contributed by atoms with Crippen LogP contribution >= 0.6 is 0 Å². The first-order valence-corrected chi connectivity index (χ1v) is 19.1.